The third kappa shape index (κ3) is 4.66. The Morgan fingerprint density at radius 3 is 1.64 bits per heavy atom. The Balaban J connectivity index is 1.53. The van der Waals surface area contributed by atoms with E-state index in [2.05, 4.69) is 20.6 Å². The van der Waals surface area contributed by atoms with Crippen LogP contribution in [0.5, 0.6) is 0 Å². The van der Waals surface area contributed by atoms with Gasteiger partial charge >= 0.3 is 12.1 Å². The Kier molecular flexibility index (Phi) is 5.40. The maximum absolute atomic E-state index is 12.3. The summed E-state index contributed by atoms with van der Waals surface area (Å²) < 4.78 is 0. The standard InChI is InChI=1S/C17H20N6O2/c24-16(20-14-6-1-3-8-18-14)22-10-5-11-23(13-12-22)17(25)21-15-7-2-4-9-19-15/h1-4,6-9H,5,10-13H2,(H,18,20,24)(H,19,21,25). The van der Waals surface area contributed by atoms with Crippen LogP contribution < -0.4 is 10.6 Å². The lowest BCUT2D eigenvalue weighted by atomic mass is 10.4. The van der Waals surface area contributed by atoms with Crippen molar-refractivity contribution < 1.29 is 9.59 Å². The van der Waals surface area contributed by atoms with E-state index in [4.69, 9.17) is 0 Å². The Labute approximate surface area is 145 Å². The highest BCUT2D eigenvalue weighted by molar-refractivity contribution is 5.89. The van der Waals surface area contributed by atoms with E-state index < -0.39 is 0 Å². The number of hydrogen-bond acceptors (Lipinski definition) is 4. The van der Waals surface area contributed by atoms with Gasteiger partial charge in [0.15, 0.2) is 0 Å². The van der Waals surface area contributed by atoms with Crippen molar-refractivity contribution in [2.75, 3.05) is 36.8 Å². The van der Waals surface area contributed by atoms with Crippen LogP contribution in [-0.2, 0) is 0 Å². The summed E-state index contributed by atoms with van der Waals surface area (Å²) in [5, 5.41) is 5.54. The molecule has 0 aliphatic carbocycles. The number of carbonyl (C=O) groups excluding carboxylic acids is 2. The molecule has 4 amide bonds. The number of nitrogens with zero attached hydrogens (tertiary/aromatic N) is 4. The molecule has 3 heterocycles. The van der Waals surface area contributed by atoms with E-state index in [-0.39, 0.29) is 12.1 Å². The van der Waals surface area contributed by atoms with E-state index >= 15 is 0 Å². The number of rotatable bonds is 2. The molecule has 2 N–H and O–H groups in total. The van der Waals surface area contributed by atoms with E-state index in [0.717, 1.165) is 0 Å². The highest BCUT2D eigenvalue weighted by atomic mass is 16.2. The molecule has 0 unspecified atom stereocenters. The second-order valence-electron chi connectivity index (χ2n) is 5.62. The summed E-state index contributed by atoms with van der Waals surface area (Å²) in [6.07, 6.45) is 3.97. The van der Waals surface area contributed by atoms with Crippen molar-refractivity contribution in [1.82, 2.24) is 19.8 Å². The van der Waals surface area contributed by atoms with Gasteiger partial charge in [0, 0.05) is 38.6 Å². The lowest BCUT2D eigenvalue weighted by Crippen LogP contribution is -2.40. The SMILES string of the molecule is O=C(Nc1ccccn1)N1CCCN(C(=O)Nc2ccccn2)CC1. The van der Waals surface area contributed by atoms with Gasteiger partial charge in [-0.15, -0.1) is 0 Å². The van der Waals surface area contributed by atoms with Gasteiger partial charge in [-0.25, -0.2) is 19.6 Å². The fourth-order valence-corrected chi connectivity index (χ4v) is 2.57. The molecule has 1 aliphatic rings. The lowest BCUT2D eigenvalue weighted by Gasteiger charge is -2.22. The fraction of sp³-hybridized carbons (Fsp3) is 0.294. The Hall–Kier alpha value is -3.16. The molecule has 25 heavy (non-hydrogen) atoms. The fourth-order valence-electron chi connectivity index (χ4n) is 2.57. The molecule has 2 aromatic rings. The molecule has 0 radical (unpaired) electrons. The second kappa shape index (κ2) is 8.09. The van der Waals surface area contributed by atoms with Gasteiger partial charge in [0.1, 0.15) is 11.6 Å². The molecule has 3 rings (SSSR count). The number of hydrogen-bond donors (Lipinski definition) is 2. The van der Waals surface area contributed by atoms with Crippen LogP contribution in [0, 0.1) is 0 Å². The van der Waals surface area contributed by atoms with Crippen LogP contribution in [-0.4, -0.2) is 58.0 Å². The molecule has 0 bridgehead atoms. The van der Waals surface area contributed by atoms with Crippen LogP contribution in [0.25, 0.3) is 0 Å². The molecular weight excluding hydrogens is 320 g/mol. The normalized spacial score (nSPS) is 14.6. The minimum Gasteiger partial charge on any atom is -0.323 e. The van der Waals surface area contributed by atoms with E-state index in [1.165, 1.54) is 0 Å². The van der Waals surface area contributed by atoms with Crippen molar-refractivity contribution in [2.24, 2.45) is 0 Å². The van der Waals surface area contributed by atoms with Gasteiger partial charge in [0.2, 0.25) is 0 Å². The lowest BCUT2D eigenvalue weighted by molar-refractivity contribution is 0.205. The van der Waals surface area contributed by atoms with E-state index in [9.17, 15) is 9.59 Å². The van der Waals surface area contributed by atoms with Crippen LogP contribution in [0.3, 0.4) is 0 Å². The predicted molar refractivity (Wildman–Crippen MR) is 94.3 cm³/mol. The minimum absolute atomic E-state index is 0.203. The molecule has 0 spiro atoms. The minimum atomic E-state index is -0.203. The maximum atomic E-state index is 12.3. The summed E-state index contributed by atoms with van der Waals surface area (Å²) >= 11 is 0. The summed E-state index contributed by atoms with van der Waals surface area (Å²) in [5.74, 6) is 1.03. The van der Waals surface area contributed by atoms with Crippen LogP contribution in [0.15, 0.2) is 48.8 Å². The third-order valence-corrected chi connectivity index (χ3v) is 3.87. The molecule has 1 saturated heterocycles. The number of pyridine rings is 2. The molecule has 130 valence electrons. The van der Waals surface area contributed by atoms with Gasteiger partial charge in [-0.3, -0.25) is 10.6 Å². The number of amides is 4. The Morgan fingerprint density at radius 2 is 1.24 bits per heavy atom. The first-order chi connectivity index (χ1) is 12.2. The van der Waals surface area contributed by atoms with E-state index in [1.807, 2.05) is 12.1 Å². The molecule has 1 fully saturated rings. The van der Waals surface area contributed by atoms with Crippen molar-refractivity contribution in [2.45, 2.75) is 6.42 Å². The average molecular weight is 340 g/mol. The quantitative estimate of drug-likeness (QED) is 0.877. The summed E-state index contributed by atoms with van der Waals surface area (Å²) in [4.78, 5) is 36.2. The third-order valence-electron chi connectivity index (χ3n) is 3.87. The number of nitrogens with one attached hydrogen (secondary N) is 2. The largest absolute Gasteiger partial charge is 0.323 e. The van der Waals surface area contributed by atoms with Crippen LogP contribution >= 0.6 is 0 Å². The van der Waals surface area contributed by atoms with Gasteiger partial charge in [-0.2, -0.15) is 0 Å². The van der Waals surface area contributed by atoms with Gasteiger partial charge < -0.3 is 9.80 Å². The Morgan fingerprint density at radius 1 is 0.760 bits per heavy atom. The van der Waals surface area contributed by atoms with Crippen molar-refractivity contribution in [3.05, 3.63) is 48.8 Å². The highest BCUT2D eigenvalue weighted by Gasteiger charge is 2.22. The summed E-state index contributed by atoms with van der Waals surface area (Å²) in [5.41, 5.74) is 0. The first-order valence-electron chi connectivity index (χ1n) is 8.16. The number of anilines is 2. The van der Waals surface area contributed by atoms with Crippen molar-refractivity contribution in [3.8, 4) is 0 Å². The van der Waals surface area contributed by atoms with Crippen molar-refractivity contribution in [3.63, 3.8) is 0 Å². The van der Waals surface area contributed by atoms with Gasteiger partial charge in [-0.1, -0.05) is 12.1 Å². The first-order valence-corrected chi connectivity index (χ1v) is 8.16. The Bertz CT molecular complexity index is 648. The smallest absolute Gasteiger partial charge is 0.323 e. The monoisotopic (exact) mass is 340 g/mol. The molecule has 8 heteroatoms. The zero-order chi connectivity index (χ0) is 17.5. The van der Waals surface area contributed by atoms with Crippen LogP contribution in [0.4, 0.5) is 21.2 Å². The number of urea groups is 2. The number of carbonyl (C=O) groups is 2. The molecule has 1 aliphatic heterocycles. The molecule has 0 saturated carbocycles. The van der Waals surface area contributed by atoms with Crippen molar-refractivity contribution in [1.29, 1.82) is 0 Å². The highest BCUT2D eigenvalue weighted by Crippen LogP contribution is 2.09. The zero-order valence-corrected chi connectivity index (χ0v) is 13.8. The van der Waals surface area contributed by atoms with Crippen molar-refractivity contribution >= 4 is 23.7 Å². The van der Waals surface area contributed by atoms with Gasteiger partial charge in [-0.05, 0) is 30.7 Å². The van der Waals surface area contributed by atoms with E-state index in [1.54, 1.807) is 46.5 Å². The van der Waals surface area contributed by atoms with E-state index in [0.29, 0.717) is 44.2 Å². The average Bonchev–Trinajstić information content (AvgIpc) is 2.90. The van der Waals surface area contributed by atoms with Crippen LogP contribution in [0.1, 0.15) is 6.42 Å². The molecule has 8 nitrogen and oxygen atoms in total. The zero-order valence-electron chi connectivity index (χ0n) is 13.8. The van der Waals surface area contributed by atoms with Gasteiger partial charge in [0.05, 0.1) is 0 Å². The number of aromatic nitrogens is 2. The van der Waals surface area contributed by atoms with Gasteiger partial charge in [0.25, 0.3) is 0 Å². The predicted octanol–water partition coefficient (Wildman–Crippen LogP) is 2.25. The summed E-state index contributed by atoms with van der Waals surface area (Å²) in [7, 11) is 0. The second-order valence-corrected chi connectivity index (χ2v) is 5.62. The topological polar surface area (TPSA) is 90.5 Å². The maximum Gasteiger partial charge on any atom is 0.323 e. The summed E-state index contributed by atoms with van der Waals surface area (Å²) in [6.45, 7) is 2.11. The molecule has 0 aromatic carbocycles. The first kappa shape index (κ1) is 16.7. The molecular formula is C17H20N6O2. The molecule has 0 atom stereocenters. The summed E-state index contributed by atoms with van der Waals surface area (Å²) in [6, 6.07) is 10.3. The molecule has 2 aromatic heterocycles. The van der Waals surface area contributed by atoms with Crippen LogP contribution in [0.2, 0.25) is 0 Å².